The second-order valence-corrected chi connectivity index (χ2v) is 12.0. The highest BCUT2D eigenvalue weighted by Crippen LogP contribution is 2.33. The Morgan fingerprint density at radius 1 is 0.733 bits per heavy atom. The van der Waals surface area contributed by atoms with E-state index < -0.39 is 0 Å². The van der Waals surface area contributed by atoms with Crippen LogP contribution in [0.1, 0.15) is 16.7 Å². The van der Waals surface area contributed by atoms with E-state index in [0.717, 1.165) is 54.1 Å². The number of hydrogen-bond donors (Lipinski definition) is 1. The first kappa shape index (κ1) is 30.3. The summed E-state index contributed by atoms with van der Waals surface area (Å²) in [6.45, 7) is 4.69. The van der Waals surface area contributed by atoms with Crippen LogP contribution in [0.2, 0.25) is 5.15 Å². The average molecular weight is 654 g/mol. The number of hydrogen-bond acceptors (Lipinski definition) is 11. The third kappa shape index (κ3) is 6.56. The lowest BCUT2D eigenvalue weighted by Crippen LogP contribution is -2.04. The zero-order chi connectivity index (χ0) is 31.3. The van der Waals surface area contributed by atoms with E-state index in [9.17, 15) is 0 Å². The lowest BCUT2D eigenvalue weighted by molar-refractivity contribution is 0.354. The maximum Gasteiger partial charge on any atom is 0.164 e. The first-order valence-corrected chi connectivity index (χ1v) is 16.0. The smallest absolute Gasteiger partial charge is 0.164 e. The molecule has 0 aliphatic rings. The summed E-state index contributed by atoms with van der Waals surface area (Å²) in [6.07, 6.45) is 6.98. The molecule has 0 bridgehead atoms. The van der Waals surface area contributed by atoms with Crippen LogP contribution in [0.25, 0.3) is 43.2 Å². The highest BCUT2D eigenvalue weighted by atomic mass is 35.5. The monoisotopic (exact) mass is 653 g/mol. The molecule has 0 aliphatic carbocycles. The number of thiophene rings is 2. The number of benzene rings is 1. The molecule has 0 saturated carbocycles. The van der Waals surface area contributed by atoms with Gasteiger partial charge in [0.15, 0.2) is 23.1 Å². The minimum Gasteiger partial charge on any atom is -0.493 e. The van der Waals surface area contributed by atoms with Gasteiger partial charge in [-0.2, -0.15) is 0 Å². The molecule has 0 amide bonds. The molecule has 45 heavy (non-hydrogen) atoms. The largest absolute Gasteiger partial charge is 0.493 e. The molecule has 0 saturated heterocycles. The fourth-order valence-electron chi connectivity index (χ4n) is 4.67. The molecule has 0 aliphatic heterocycles. The Balaban J connectivity index is 0.000000179. The first-order chi connectivity index (χ1) is 21.9. The van der Waals surface area contributed by atoms with Gasteiger partial charge in [-0.25, -0.2) is 19.9 Å². The van der Waals surface area contributed by atoms with Crippen LogP contribution < -0.4 is 14.8 Å². The summed E-state index contributed by atoms with van der Waals surface area (Å²) in [5.74, 6) is 3.52. The number of methoxy groups -OCH3 is 2. The highest BCUT2D eigenvalue weighted by molar-refractivity contribution is 7.17. The van der Waals surface area contributed by atoms with E-state index in [1.54, 1.807) is 61.7 Å². The van der Waals surface area contributed by atoms with Crippen molar-refractivity contribution in [3.63, 3.8) is 0 Å². The lowest BCUT2D eigenvalue weighted by atomic mass is 10.2. The molecule has 1 N–H and O–H groups in total. The zero-order valence-electron chi connectivity index (χ0n) is 24.9. The summed E-state index contributed by atoms with van der Waals surface area (Å²) in [5, 5.41) is 10.1. The van der Waals surface area contributed by atoms with E-state index in [2.05, 4.69) is 37.6 Å². The van der Waals surface area contributed by atoms with Gasteiger partial charge in [0.2, 0.25) is 0 Å². The predicted octanol–water partition coefficient (Wildman–Crippen LogP) is 8.41. The first-order valence-electron chi connectivity index (χ1n) is 13.9. The van der Waals surface area contributed by atoms with Crippen LogP contribution >= 0.6 is 34.3 Å². The third-order valence-corrected chi connectivity index (χ3v) is 9.19. The van der Waals surface area contributed by atoms with Crippen LogP contribution in [0.5, 0.6) is 11.5 Å². The molecule has 226 valence electrons. The summed E-state index contributed by atoms with van der Waals surface area (Å²) in [4.78, 5) is 28.5. The van der Waals surface area contributed by atoms with Gasteiger partial charge >= 0.3 is 0 Å². The van der Waals surface area contributed by atoms with Crippen molar-refractivity contribution in [2.24, 2.45) is 0 Å². The second kappa shape index (κ2) is 13.5. The van der Waals surface area contributed by atoms with Crippen LogP contribution in [-0.2, 0) is 6.54 Å². The number of pyridine rings is 2. The molecule has 6 heterocycles. The Morgan fingerprint density at radius 3 is 1.93 bits per heavy atom. The van der Waals surface area contributed by atoms with E-state index in [-0.39, 0.29) is 0 Å². The molecule has 9 nitrogen and oxygen atoms in total. The molecular weight excluding hydrogens is 626 g/mol. The number of nitrogens with zero attached hydrogens (tertiary/aromatic N) is 6. The third-order valence-electron chi connectivity index (χ3n) is 6.94. The molecule has 0 fully saturated rings. The maximum atomic E-state index is 6.19. The minimum atomic E-state index is 0.507. The maximum absolute atomic E-state index is 6.19. The van der Waals surface area contributed by atoms with E-state index in [1.807, 2.05) is 54.8 Å². The molecule has 7 rings (SSSR count). The van der Waals surface area contributed by atoms with Crippen molar-refractivity contribution in [3.05, 3.63) is 99.9 Å². The number of aromatic nitrogens is 6. The molecule has 6 aromatic heterocycles. The van der Waals surface area contributed by atoms with Gasteiger partial charge in [0.25, 0.3) is 0 Å². The molecule has 0 radical (unpaired) electrons. The number of ether oxygens (including phenoxy) is 2. The molecule has 0 unspecified atom stereocenters. The summed E-state index contributed by atoms with van der Waals surface area (Å²) in [5.41, 5.74) is 5.12. The standard InChI is InChI=1S/C21H20N4O2S.C12H8ClN3S/c1-13-12-28-21-18(13)20(24-19(25-21)15-5-4-8-22-11-15)23-10-14-6-7-16(26-2)17(9-14)27-3;1-7-6-17-12-9(7)10(13)15-11(16-12)8-3-2-4-14-5-8/h4-9,11-12H,10H2,1-3H3,(H,23,24,25);2-6H,1H3. The molecule has 1 aromatic carbocycles. The Morgan fingerprint density at radius 2 is 1.33 bits per heavy atom. The van der Waals surface area contributed by atoms with Crippen molar-refractivity contribution < 1.29 is 9.47 Å². The fraction of sp³-hybridized carbons (Fsp3) is 0.152. The second-order valence-electron chi connectivity index (χ2n) is 9.96. The normalized spacial score (nSPS) is 10.9. The molecular formula is C33H28ClN7O2S2. The molecule has 0 atom stereocenters. The topological polar surface area (TPSA) is 108 Å². The van der Waals surface area contributed by atoms with Crippen molar-refractivity contribution in [1.82, 2.24) is 29.9 Å². The quantitative estimate of drug-likeness (QED) is 0.170. The van der Waals surface area contributed by atoms with Gasteiger partial charge < -0.3 is 14.8 Å². The Kier molecular flexibility index (Phi) is 9.11. The fourth-order valence-corrected chi connectivity index (χ4v) is 6.89. The molecule has 0 spiro atoms. The van der Waals surface area contributed by atoms with Crippen molar-refractivity contribution in [2.75, 3.05) is 19.5 Å². The number of aryl methyl sites for hydroxylation is 2. The van der Waals surface area contributed by atoms with Gasteiger partial charge in [-0.3, -0.25) is 9.97 Å². The summed E-state index contributed by atoms with van der Waals surface area (Å²) < 4.78 is 10.7. The lowest BCUT2D eigenvalue weighted by Gasteiger charge is -2.12. The van der Waals surface area contributed by atoms with E-state index in [1.165, 1.54) is 0 Å². The van der Waals surface area contributed by atoms with Gasteiger partial charge in [-0.1, -0.05) is 17.7 Å². The zero-order valence-corrected chi connectivity index (χ0v) is 27.3. The van der Waals surface area contributed by atoms with Gasteiger partial charge in [0.1, 0.15) is 20.6 Å². The van der Waals surface area contributed by atoms with Crippen molar-refractivity contribution >= 4 is 60.5 Å². The van der Waals surface area contributed by atoms with Crippen LogP contribution in [0.15, 0.2) is 78.0 Å². The number of nitrogens with one attached hydrogen (secondary N) is 1. The van der Waals surface area contributed by atoms with Crippen molar-refractivity contribution in [3.8, 4) is 34.3 Å². The highest BCUT2D eigenvalue weighted by Gasteiger charge is 2.14. The van der Waals surface area contributed by atoms with Crippen LogP contribution in [-0.4, -0.2) is 44.1 Å². The van der Waals surface area contributed by atoms with Crippen molar-refractivity contribution in [1.29, 1.82) is 0 Å². The Hall–Kier alpha value is -4.71. The molecule has 7 aromatic rings. The minimum absolute atomic E-state index is 0.507. The van der Waals surface area contributed by atoms with E-state index in [4.69, 9.17) is 31.0 Å². The van der Waals surface area contributed by atoms with Crippen LogP contribution in [0, 0.1) is 13.8 Å². The molecule has 12 heteroatoms. The number of fused-ring (bicyclic) bond motifs is 2. The average Bonchev–Trinajstić information content (AvgIpc) is 3.66. The van der Waals surface area contributed by atoms with Crippen LogP contribution in [0.3, 0.4) is 0 Å². The van der Waals surface area contributed by atoms with Gasteiger partial charge in [-0.15, -0.1) is 22.7 Å². The van der Waals surface area contributed by atoms with E-state index in [0.29, 0.717) is 34.8 Å². The van der Waals surface area contributed by atoms with Crippen LogP contribution in [0.4, 0.5) is 5.82 Å². The van der Waals surface area contributed by atoms with Gasteiger partial charge in [-0.05, 0) is 77.7 Å². The Bertz CT molecular complexity index is 2090. The SMILES string of the molecule is COc1ccc(CNc2nc(-c3cccnc3)nc3scc(C)c23)cc1OC.Cc1csc2nc(-c3cccnc3)nc(Cl)c12. The predicted molar refractivity (Wildman–Crippen MR) is 183 cm³/mol. The number of halogens is 1. The number of anilines is 1. The summed E-state index contributed by atoms with van der Waals surface area (Å²) in [6, 6.07) is 13.5. The van der Waals surface area contributed by atoms with E-state index >= 15 is 0 Å². The Labute approximate surface area is 273 Å². The van der Waals surface area contributed by atoms with Crippen molar-refractivity contribution in [2.45, 2.75) is 20.4 Å². The van der Waals surface area contributed by atoms with Gasteiger partial charge in [0.05, 0.1) is 25.0 Å². The number of rotatable bonds is 7. The van der Waals surface area contributed by atoms with Gasteiger partial charge in [0, 0.05) is 42.5 Å². The summed E-state index contributed by atoms with van der Waals surface area (Å²) in [7, 11) is 3.27. The summed E-state index contributed by atoms with van der Waals surface area (Å²) >= 11 is 9.40.